The van der Waals surface area contributed by atoms with E-state index in [2.05, 4.69) is 32.4 Å². The highest BCUT2D eigenvalue weighted by atomic mass is 35.5. The highest BCUT2D eigenvalue weighted by molar-refractivity contribution is 6.26. The Morgan fingerprint density at radius 3 is 2.72 bits per heavy atom. The molecule has 1 aliphatic rings. The van der Waals surface area contributed by atoms with E-state index in [1.807, 2.05) is 63.4 Å². The van der Waals surface area contributed by atoms with Crippen molar-refractivity contribution in [1.29, 1.82) is 0 Å². The predicted octanol–water partition coefficient (Wildman–Crippen LogP) is 7.24. The third kappa shape index (κ3) is 9.64. The number of aromatic nitrogens is 2. The maximum Gasteiger partial charge on any atom is 0.248 e. The van der Waals surface area contributed by atoms with Gasteiger partial charge in [-0.3, -0.25) is 14.8 Å². The molecule has 0 aliphatic heterocycles. The number of alkyl halides is 1. The van der Waals surface area contributed by atoms with Crippen LogP contribution in [0.5, 0.6) is 5.75 Å². The molecule has 47 heavy (non-hydrogen) atoms. The van der Waals surface area contributed by atoms with Crippen molar-refractivity contribution in [2.24, 2.45) is 0 Å². The molecule has 10 heteroatoms. The third-order valence-corrected chi connectivity index (χ3v) is 9.16. The maximum absolute atomic E-state index is 12.8. The summed E-state index contributed by atoms with van der Waals surface area (Å²) in [7, 11) is 2.01. The minimum atomic E-state index is -0.817. The summed E-state index contributed by atoms with van der Waals surface area (Å²) in [5.41, 5.74) is 3.44. The summed E-state index contributed by atoms with van der Waals surface area (Å²) in [6.07, 6.45) is 18.3. The zero-order chi connectivity index (χ0) is 33.9. The van der Waals surface area contributed by atoms with Gasteiger partial charge in [0.05, 0.1) is 34.1 Å². The number of unbranched alkanes of at least 4 members (excludes halogenated alkanes) is 3. The van der Waals surface area contributed by atoms with Crippen LogP contribution >= 0.6 is 11.6 Å². The molecule has 4 rings (SSSR count). The molecule has 2 aromatic heterocycles. The first kappa shape index (κ1) is 36.1. The van der Waals surface area contributed by atoms with E-state index < -0.39 is 10.5 Å². The van der Waals surface area contributed by atoms with Crippen LogP contribution in [0.25, 0.3) is 10.9 Å². The second-order valence-corrected chi connectivity index (χ2v) is 13.1. The number of hydrogen-bond acceptors (Lipinski definition) is 8. The molecule has 0 spiro atoms. The molecule has 0 saturated heterocycles. The van der Waals surface area contributed by atoms with E-state index >= 15 is 0 Å². The van der Waals surface area contributed by atoms with Crippen molar-refractivity contribution in [2.45, 2.75) is 76.4 Å². The molecule has 3 aromatic rings. The number of rotatable bonds is 17. The molecule has 1 aromatic carbocycles. The monoisotopic (exact) mass is 661 g/mol. The highest BCUT2D eigenvalue weighted by Crippen LogP contribution is 2.44. The van der Waals surface area contributed by atoms with Gasteiger partial charge in [0.1, 0.15) is 11.4 Å². The zero-order valence-corrected chi connectivity index (χ0v) is 28.7. The number of anilines is 2. The number of amides is 1. The summed E-state index contributed by atoms with van der Waals surface area (Å²) in [6.45, 7) is 8.17. The minimum Gasteiger partial charge on any atom is -0.506 e. The molecule has 1 aliphatic carbocycles. The number of nitrogens with one attached hydrogen (secondary N) is 2. The number of halogens is 1. The van der Waals surface area contributed by atoms with E-state index in [0.717, 1.165) is 66.7 Å². The lowest BCUT2D eigenvalue weighted by Gasteiger charge is -2.43. The van der Waals surface area contributed by atoms with E-state index in [1.165, 1.54) is 6.08 Å². The summed E-state index contributed by atoms with van der Waals surface area (Å²) in [5.74, 6) is -0.401. The van der Waals surface area contributed by atoms with Gasteiger partial charge in [-0.15, -0.1) is 11.6 Å². The van der Waals surface area contributed by atoms with Gasteiger partial charge in [0.15, 0.2) is 0 Å². The fourth-order valence-corrected chi connectivity index (χ4v) is 6.08. The number of aryl methyl sites for hydroxylation is 1. The number of phenolic OH excluding ortho intramolecular Hbond substituents is 1. The average Bonchev–Trinajstić information content (AvgIpc) is 3.04. The molecular formula is C37H48ClN5O4. The van der Waals surface area contributed by atoms with Gasteiger partial charge in [-0.05, 0) is 88.7 Å². The number of carbonyl (C=O) groups is 1. The molecule has 9 nitrogen and oxygen atoms in total. The third-order valence-electron chi connectivity index (χ3n) is 8.49. The van der Waals surface area contributed by atoms with Crippen molar-refractivity contribution in [3.05, 3.63) is 90.1 Å². The Kier molecular flexibility index (Phi) is 13.0. The number of aliphatic hydroxyl groups excluding tert-OH is 1. The van der Waals surface area contributed by atoms with E-state index in [-0.39, 0.29) is 18.3 Å². The number of allylic oxidation sites excluding steroid dienone is 1. The van der Waals surface area contributed by atoms with Crippen molar-refractivity contribution < 1.29 is 19.7 Å². The molecule has 0 saturated carbocycles. The molecule has 0 radical (unpaired) electrons. The van der Waals surface area contributed by atoms with Crippen LogP contribution in [0.4, 0.5) is 11.4 Å². The lowest BCUT2D eigenvalue weighted by atomic mass is 9.80. The Morgan fingerprint density at radius 1 is 1.17 bits per heavy atom. The number of ether oxygens (including phenoxy) is 1. The molecule has 252 valence electrons. The summed E-state index contributed by atoms with van der Waals surface area (Å²) in [4.78, 5) is 23.0. The van der Waals surface area contributed by atoms with Crippen LogP contribution in [0.15, 0.2) is 78.8 Å². The van der Waals surface area contributed by atoms with Gasteiger partial charge in [0.2, 0.25) is 5.91 Å². The van der Waals surface area contributed by atoms with Crippen molar-refractivity contribution in [1.82, 2.24) is 14.9 Å². The van der Waals surface area contributed by atoms with Gasteiger partial charge in [0, 0.05) is 48.8 Å². The Bertz CT molecular complexity index is 1590. The van der Waals surface area contributed by atoms with Crippen LogP contribution in [0.3, 0.4) is 0 Å². The largest absolute Gasteiger partial charge is 0.506 e. The summed E-state index contributed by atoms with van der Waals surface area (Å²) < 4.78 is 6.41. The molecular weight excluding hydrogens is 614 g/mol. The average molecular weight is 662 g/mol. The zero-order valence-electron chi connectivity index (χ0n) is 27.9. The Morgan fingerprint density at radius 2 is 1.98 bits per heavy atom. The number of aromatic hydroxyl groups is 1. The Labute approximate surface area is 283 Å². The van der Waals surface area contributed by atoms with Crippen molar-refractivity contribution in [3.8, 4) is 5.75 Å². The molecule has 0 bridgehead atoms. The van der Waals surface area contributed by atoms with Crippen molar-refractivity contribution in [2.75, 3.05) is 37.4 Å². The van der Waals surface area contributed by atoms with Crippen LogP contribution in [-0.2, 0) is 16.1 Å². The van der Waals surface area contributed by atoms with Crippen molar-refractivity contribution >= 4 is 39.8 Å². The van der Waals surface area contributed by atoms with E-state index in [0.29, 0.717) is 30.8 Å². The van der Waals surface area contributed by atoms with Gasteiger partial charge >= 0.3 is 0 Å². The van der Waals surface area contributed by atoms with E-state index in [4.69, 9.17) is 21.4 Å². The van der Waals surface area contributed by atoms with Gasteiger partial charge < -0.3 is 30.5 Å². The van der Waals surface area contributed by atoms with Crippen LogP contribution in [0.2, 0.25) is 0 Å². The van der Waals surface area contributed by atoms with Crippen LogP contribution in [0.1, 0.15) is 63.6 Å². The summed E-state index contributed by atoms with van der Waals surface area (Å²) in [5, 5.41) is 26.8. The van der Waals surface area contributed by atoms with Gasteiger partial charge in [-0.25, -0.2) is 0 Å². The van der Waals surface area contributed by atoms with E-state index in [9.17, 15) is 9.90 Å². The van der Waals surface area contributed by atoms with Crippen LogP contribution in [-0.4, -0.2) is 68.2 Å². The fourth-order valence-electron chi connectivity index (χ4n) is 5.65. The van der Waals surface area contributed by atoms with Gasteiger partial charge in [0.25, 0.3) is 0 Å². The predicted molar refractivity (Wildman–Crippen MR) is 191 cm³/mol. The van der Waals surface area contributed by atoms with E-state index in [1.54, 1.807) is 24.5 Å². The summed E-state index contributed by atoms with van der Waals surface area (Å²) in [6, 6.07) is 9.04. The number of likely N-dealkylation sites (N-methyl/N-ethyl adjacent to an activating group) is 1. The number of fused-ring (bicyclic) bond motifs is 1. The first-order chi connectivity index (χ1) is 22.6. The standard InChI is InChI=1S/C37H48ClN5O4/c1-5-16-37(38)24-28(15-17-36(37,3)47-26-29-13-8-9-18-39-29)41-35-27(2)25-40-31-23-33(45)32(22-30(31)35)42-34(46)14-12-20-43(4)19-10-6-7-11-21-44/h8-9,12-15,17-18,22-25,44-45H,5-7,10-11,16,19-21,26H2,1-4H3,(H,40,41)(H,42,46)/b14-12+. The van der Waals surface area contributed by atoms with Crippen LogP contribution in [0, 0.1) is 6.92 Å². The topological polar surface area (TPSA) is 120 Å². The second-order valence-electron chi connectivity index (χ2n) is 12.4. The number of phenols is 1. The Hall–Kier alpha value is -3.76. The maximum atomic E-state index is 12.8. The van der Waals surface area contributed by atoms with Gasteiger partial charge in [-0.1, -0.05) is 38.3 Å². The highest BCUT2D eigenvalue weighted by Gasteiger charge is 2.46. The van der Waals surface area contributed by atoms with Gasteiger partial charge in [-0.2, -0.15) is 0 Å². The molecule has 4 N–H and O–H groups in total. The smallest absolute Gasteiger partial charge is 0.248 e. The number of aliphatic hydroxyl groups is 1. The number of carbonyl (C=O) groups excluding carboxylic acids is 1. The number of nitrogens with zero attached hydrogens (tertiary/aromatic N) is 3. The fraction of sp³-hybridized carbons (Fsp3) is 0.432. The molecule has 0 fully saturated rings. The number of benzene rings is 1. The molecule has 2 heterocycles. The van der Waals surface area contributed by atoms with Crippen molar-refractivity contribution in [3.63, 3.8) is 0 Å². The normalized spacial score (nSPS) is 19.4. The number of hydrogen-bond donors (Lipinski definition) is 4. The lowest BCUT2D eigenvalue weighted by Crippen LogP contribution is -2.49. The molecule has 2 atom stereocenters. The minimum absolute atomic E-state index is 0.0677. The first-order valence-corrected chi connectivity index (χ1v) is 16.8. The lowest BCUT2D eigenvalue weighted by molar-refractivity contribution is -0.111. The van der Waals surface area contributed by atoms with Crippen LogP contribution < -0.4 is 10.6 Å². The quantitative estimate of drug-likeness (QED) is 0.0517. The summed E-state index contributed by atoms with van der Waals surface area (Å²) >= 11 is 7.35. The SMILES string of the molecule is CCCC1(Cl)C=C(Nc2c(C)cnc3cc(O)c(NC(=O)/C=C/CN(C)CCCCCCO)cc23)C=CC1(C)OCc1ccccn1. The second kappa shape index (κ2) is 16.9. The number of pyridine rings is 2. The Balaban J connectivity index is 1.49. The first-order valence-electron chi connectivity index (χ1n) is 16.4. The molecule has 2 unspecified atom stereocenters. The molecule has 1 amide bonds.